The van der Waals surface area contributed by atoms with Gasteiger partial charge in [-0.2, -0.15) is 0 Å². The molecule has 3 aliphatic heterocycles. The lowest BCUT2D eigenvalue weighted by Gasteiger charge is -2.42. The quantitative estimate of drug-likeness (QED) is 0.278. The molecule has 0 aliphatic carbocycles. The second-order valence-corrected chi connectivity index (χ2v) is 9.73. The van der Waals surface area contributed by atoms with Gasteiger partial charge in [0.25, 0.3) is 5.91 Å². The molecule has 3 heterocycles. The number of amides is 5. The minimum Gasteiger partial charge on any atom is -0.624 e. The van der Waals surface area contributed by atoms with Crippen molar-refractivity contribution in [3.63, 3.8) is 0 Å². The first-order valence-electron chi connectivity index (χ1n) is 12.4. The van der Waals surface area contributed by atoms with E-state index in [0.717, 1.165) is 5.69 Å². The zero-order chi connectivity index (χ0) is 27.0. The molecule has 198 valence electrons. The Morgan fingerprint density at radius 3 is 2.42 bits per heavy atom. The van der Waals surface area contributed by atoms with Gasteiger partial charge in [0, 0.05) is 61.5 Å². The summed E-state index contributed by atoms with van der Waals surface area (Å²) in [5.74, 6) is -2.46. The molecule has 3 aliphatic rings. The monoisotopic (exact) mass is 520 g/mol. The third kappa shape index (κ3) is 4.71. The van der Waals surface area contributed by atoms with Crippen LogP contribution in [0.1, 0.15) is 39.1 Å². The normalized spacial score (nSPS) is 23.2. The lowest BCUT2D eigenvalue weighted by atomic mass is 10.0. The maximum atomic E-state index is 13.4. The first kappa shape index (κ1) is 25.4. The van der Waals surface area contributed by atoms with Crippen molar-refractivity contribution in [2.24, 2.45) is 5.73 Å². The number of nitrogens with two attached hydrogens (primary N) is 1. The Hall–Kier alpha value is -4.29. The molecule has 0 spiro atoms. The minimum atomic E-state index is -1.34. The van der Waals surface area contributed by atoms with Crippen LogP contribution in [0.15, 0.2) is 42.5 Å². The molecule has 12 nitrogen and oxygen atoms in total. The van der Waals surface area contributed by atoms with E-state index in [1.807, 2.05) is 12.1 Å². The van der Waals surface area contributed by atoms with Crippen LogP contribution in [0.2, 0.25) is 0 Å². The molecule has 38 heavy (non-hydrogen) atoms. The predicted molar refractivity (Wildman–Crippen MR) is 137 cm³/mol. The number of nitrogens with one attached hydrogen (secondary N) is 2. The predicted octanol–water partition coefficient (Wildman–Crippen LogP) is 0.320. The van der Waals surface area contributed by atoms with Crippen molar-refractivity contribution in [1.82, 2.24) is 10.2 Å². The summed E-state index contributed by atoms with van der Waals surface area (Å²) in [4.78, 5) is 64.7. The largest absolute Gasteiger partial charge is 0.624 e. The molecule has 0 radical (unpaired) electrons. The zero-order valence-corrected chi connectivity index (χ0v) is 20.6. The molecule has 0 bridgehead atoms. The highest BCUT2D eigenvalue weighted by molar-refractivity contribution is 6.02. The van der Waals surface area contributed by atoms with E-state index in [0.29, 0.717) is 43.0 Å². The van der Waals surface area contributed by atoms with Gasteiger partial charge in [-0.15, -0.1) is 0 Å². The number of carbonyl (C=O) groups is 5. The van der Waals surface area contributed by atoms with E-state index in [-0.39, 0.29) is 37.4 Å². The third-order valence-corrected chi connectivity index (χ3v) is 7.40. The van der Waals surface area contributed by atoms with Crippen LogP contribution in [-0.2, 0) is 20.9 Å². The molecule has 2 saturated heterocycles. The average Bonchev–Trinajstić information content (AvgIpc) is 3.17. The van der Waals surface area contributed by atoms with Crippen LogP contribution < -0.4 is 21.3 Å². The molecule has 2 fully saturated rings. The highest BCUT2D eigenvalue weighted by Crippen LogP contribution is 2.35. The smallest absolute Gasteiger partial charge is 0.347 e. The Morgan fingerprint density at radius 2 is 1.76 bits per heavy atom. The molecule has 2 atom stereocenters. The summed E-state index contributed by atoms with van der Waals surface area (Å²) in [5, 5.41) is 18.6. The topological polar surface area (TPSA) is 165 Å². The maximum absolute atomic E-state index is 13.4. The van der Waals surface area contributed by atoms with Gasteiger partial charge in [0.1, 0.15) is 6.54 Å². The standard InChI is InChI=1S/C26H28N6O6/c27-24(35)16-2-5-19(6-3-16)30-9-11-31(12-10-30)23(34)14-28-18-4-1-17-15-32(38,26(37)20(17)13-18)21-7-8-22(33)29-25(21)36/h1-6,13,21,28H,7-12,14-15H2,(H2,27,35)(H,29,33,36). The van der Waals surface area contributed by atoms with Gasteiger partial charge in [0.05, 0.1) is 12.1 Å². The number of benzene rings is 2. The highest BCUT2D eigenvalue weighted by atomic mass is 16.6. The molecule has 4 N–H and O–H groups in total. The third-order valence-electron chi connectivity index (χ3n) is 7.40. The summed E-state index contributed by atoms with van der Waals surface area (Å²) in [6.07, 6.45) is 0.0481. The second kappa shape index (κ2) is 9.88. The average molecular weight is 521 g/mol. The number of rotatable bonds is 6. The Bertz CT molecular complexity index is 1320. The number of anilines is 2. The van der Waals surface area contributed by atoms with Crippen molar-refractivity contribution in [3.8, 4) is 0 Å². The molecule has 5 amide bonds. The summed E-state index contributed by atoms with van der Waals surface area (Å²) in [7, 11) is 0. The number of carbonyl (C=O) groups excluding carboxylic acids is 5. The van der Waals surface area contributed by atoms with E-state index in [4.69, 9.17) is 5.73 Å². The molecule has 0 aromatic heterocycles. The van der Waals surface area contributed by atoms with Gasteiger partial charge in [-0.3, -0.25) is 29.1 Å². The lowest BCUT2D eigenvalue weighted by molar-refractivity contribution is -0.825. The van der Waals surface area contributed by atoms with Crippen molar-refractivity contribution in [2.75, 3.05) is 42.9 Å². The van der Waals surface area contributed by atoms with Crippen LogP contribution in [0.3, 0.4) is 0 Å². The fraction of sp³-hybridized carbons (Fsp3) is 0.346. The van der Waals surface area contributed by atoms with E-state index < -0.39 is 34.3 Å². The fourth-order valence-electron chi connectivity index (χ4n) is 5.22. The van der Waals surface area contributed by atoms with Crippen molar-refractivity contribution in [3.05, 3.63) is 64.4 Å². The first-order chi connectivity index (χ1) is 18.2. The SMILES string of the molecule is NC(=O)c1ccc(N2CCN(C(=O)CNc3ccc4c(c3)C(=O)[N+]([O-])(C3CCC(=O)NC3=O)C4)CC2)cc1. The van der Waals surface area contributed by atoms with Crippen LogP contribution in [0.4, 0.5) is 11.4 Å². The Kier molecular flexibility index (Phi) is 6.59. The molecule has 12 heteroatoms. The number of nitrogens with zero attached hydrogens (tertiary/aromatic N) is 3. The molecular weight excluding hydrogens is 492 g/mol. The van der Waals surface area contributed by atoms with Crippen molar-refractivity contribution in [1.29, 1.82) is 0 Å². The summed E-state index contributed by atoms with van der Waals surface area (Å²) >= 11 is 0. The van der Waals surface area contributed by atoms with Crippen LogP contribution in [0, 0.1) is 5.21 Å². The van der Waals surface area contributed by atoms with E-state index in [2.05, 4.69) is 15.5 Å². The fourth-order valence-corrected chi connectivity index (χ4v) is 5.22. The zero-order valence-electron chi connectivity index (χ0n) is 20.6. The maximum Gasteiger partial charge on any atom is 0.347 e. The number of quaternary nitrogens is 1. The van der Waals surface area contributed by atoms with Crippen molar-refractivity contribution in [2.45, 2.75) is 25.4 Å². The van der Waals surface area contributed by atoms with Gasteiger partial charge < -0.3 is 26.1 Å². The summed E-state index contributed by atoms with van der Waals surface area (Å²) in [5.41, 5.74) is 7.96. The number of hydrogen-bond donors (Lipinski definition) is 3. The van der Waals surface area contributed by atoms with Crippen LogP contribution in [0.5, 0.6) is 0 Å². The van der Waals surface area contributed by atoms with Gasteiger partial charge in [0.15, 0.2) is 6.04 Å². The first-order valence-corrected chi connectivity index (χ1v) is 12.4. The van der Waals surface area contributed by atoms with Crippen molar-refractivity contribution < 1.29 is 28.6 Å². The molecule has 0 saturated carbocycles. The van der Waals surface area contributed by atoms with Crippen molar-refractivity contribution >= 4 is 40.9 Å². The van der Waals surface area contributed by atoms with Gasteiger partial charge in [0.2, 0.25) is 17.7 Å². The number of imide groups is 1. The van der Waals surface area contributed by atoms with E-state index in [1.54, 1.807) is 35.2 Å². The second-order valence-electron chi connectivity index (χ2n) is 9.73. The van der Waals surface area contributed by atoms with Gasteiger partial charge in [-0.05, 0) is 36.4 Å². The van der Waals surface area contributed by atoms with E-state index in [1.165, 1.54) is 0 Å². The van der Waals surface area contributed by atoms with Crippen LogP contribution in [0.25, 0.3) is 0 Å². The molecule has 5 rings (SSSR count). The number of piperidine rings is 1. The van der Waals surface area contributed by atoms with Crippen LogP contribution in [-0.4, -0.2) is 77.8 Å². The van der Waals surface area contributed by atoms with Gasteiger partial charge in [-0.25, -0.2) is 4.79 Å². The molecular formula is C26H28N6O6. The van der Waals surface area contributed by atoms with E-state index in [9.17, 15) is 29.2 Å². The molecule has 2 unspecified atom stereocenters. The number of hydroxylamine groups is 3. The summed E-state index contributed by atoms with van der Waals surface area (Å²) < 4.78 is -1.34. The number of hydrogen-bond acceptors (Lipinski definition) is 8. The number of primary amides is 1. The number of fused-ring (bicyclic) bond motifs is 1. The van der Waals surface area contributed by atoms with E-state index >= 15 is 0 Å². The minimum absolute atomic E-state index is 0.0187. The Balaban J connectivity index is 1.16. The summed E-state index contributed by atoms with van der Waals surface area (Å²) in [6.45, 7) is 2.18. The molecule has 2 aromatic carbocycles. The Labute approximate surface area is 218 Å². The molecule has 2 aromatic rings. The number of piperazine rings is 1. The lowest BCUT2D eigenvalue weighted by Crippen LogP contribution is -2.60. The van der Waals surface area contributed by atoms with Gasteiger partial charge >= 0.3 is 5.91 Å². The summed E-state index contributed by atoms with van der Waals surface area (Å²) in [6, 6.07) is 10.8. The Morgan fingerprint density at radius 1 is 1.05 bits per heavy atom. The van der Waals surface area contributed by atoms with Crippen LogP contribution >= 0.6 is 0 Å². The van der Waals surface area contributed by atoms with Gasteiger partial charge in [-0.1, -0.05) is 6.07 Å². The highest BCUT2D eigenvalue weighted by Gasteiger charge is 2.49.